The molecule has 4 heteroatoms. The maximum atomic E-state index is 5.24. The van der Waals surface area contributed by atoms with Crippen LogP contribution in [0.1, 0.15) is 16.5 Å². The number of likely N-dealkylation sites (N-methyl/N-ethyl adjacent to an activating group) is 1. The lowest BCUT2D eigenvalue weighted by Gasteiger charge is -2.14. The van der Waals surface area contributed by atoms with Crippen molar-refractivity contribution in [3.63, 3.8) is 0 Å². The van der Waals surface area contributed by atoms with E-state index >= 15 is 0 Å². The van der Waals surface area contributed by atoms with Crippen molar-refractivity contribution in [3.05, 3.63) is 46.2 Å². The van der Waals surface area contributed by atoms with Crippen molar-refractivity contribution < 1.29 is 9.47 Å². The first-order chi connectivity index (χ1) is 9.26. The van der Waals surface area contributed by atoms with E-state index in [0.717, 1.165) is 17.9 Å². The molecule has 0 amide bonds. The summed E-state index contributed by atoms with van der Waals surface area (Å²) < 4.78 is 10.4. The van der Waals surface area contributed by atoms with Crippen LogP contribution in [0.2, 0.25) is 0 Å². The van der Waals surface area contributed by atoms with Crippen LogP contribution in [0.4, 0.5) is 0 Å². The molecule has 0 aliphatic rings. The van der Waals surface area contributed by atoms with Crippen LogP contribution in [0.15, 0.2) is 35.7 Å². The zero-order chi connectivity index (χ0) is 13.7. The number of rotatable bonds is 6. The first kappa shape index (κ1) is 13.9. The zero-order valence-electron chi connectivity index (χ0n) is 11.5. The molecule has 1 heterocycles. The van der Waals surface area contributed by atoms with E-state index in [1.54, 1.807) is 25.6 Å². The maximum Gasteiger partial charge on any atom is 0.129 e. The molecule has 1 unspecified atom stereocenters. The molecule has 1 atom stereocenters. The Kier molecular flexibility index (Phi) is 4.82. The van der Waals surface area contributed by atoms with E-state index < -0.39 is 0 Å². The van der Waals surface area contributed by atoms with Gasteiger partial charge in [-0.1, -0.05) is 12.1 Å². The molecule has 0 aliphatic heterocycles. The number of thiophene rings is 1. The van der Waals surface area contributed by atoms with Gasteiger partial charge in [-0.05, 0) is 37.2 Å². The molecule has 0 bridgehead atoms. The van der Waals surface area contributed by atoms with Crippen LogP contribution < -0.4 is 14.8 Å². The highest BCUT2D eigenvalue weighted by Crippen LogP contribution is 2.29. The highest BCUT2D eigenvalue weighted by atomic mass is 32.1. The topological polar surface area (TPSA) is 30.5 Å². The second kappa shape index (κ2) is 6.59. The fraction of sp³-hybridized carbons (Fsp3) is 0.333. The molecule has 0 spiro atoms. The van der Waals surface area contributed by atoms with E-state index in [2.05, 4.69) is 23.5 Å². The number of benzene rings is 1. The second-order valence-corrected chi connectivity index (χ2v) is 5.23. The van der Waals surface area contributed by atoms with Crippen molar-refractivity contribution in [2.75, 3.05) is 21.3 Å². The molecular weight excluding hydrogens is 258 g/mol. The number of hydrogen-bond donors (Lipinski definition) is 1. The summed E-state index contributed by atoms with van der Waals surface area (Å²) in [5.41, 5.74) is 1.28. The molecule has 0 saturated carbocycles. The van der Waals surface area contributed by atoms with Gasteiger partial charge < -0.3 is 14.8 Å². The zero-order valence-corrected chi connectivity index (χ0v) is 12.3. The van der Waals surface area contributed by atoms with E-state index in [1.165, 1.54) is 10.4 Å². The Balaban J connectivity index is 2.09. The van der Waals surface area contributed by atoms with Gasteiger partial charge >= 0.3 is 0 Å². The summed E-state index contributed by atoms with van der Waals surface area (Å²) in [5.74, 6) is 1.82. The summed E-state index contributed by atoms with van der Waals surface area (Å²) in [7, 11) is 5.37. The Morgan fingerprint density at radius 1 is 1.11 bits per heavy atom. The van der Waals surface area contributed by atoms with E-state index in [1.807, 2.05) is 24.6 Å². The summed E-state index contributed by atoms with van der Waals surface area (Å²) in [4.78, 5) is 1.29. The largest absolute Gasteiger partial charge is 0.497 e. The minimum Gasteiger partial charge on any atom is -0.497 e. The standard InChI is InChI=1S/C15H19NO2S/c1-16-14(15-9-13(18-3)10-19-15)8-11-4-6-12(17-2)7-5-11/h4-7,9-10,14,16H,8H2,1-3H3. The molecule has 1 aromatic heterocycles. The van der Waals surface area contributed by atoms with Crippen molar-refractivity contribution in [2.24, 2.45) is 0 Å². The maximum absolute atomic E-state index is 5.24. The highest BCUT2D eigenvalue weighted by Gasteiger charge is 2.13. The van der Waals surface area contributed by atoms with Crippen LogP contribution in [0.3, 0.4) is 0 Å². The molecule has 0 aliphatic carbocycles. The third-order valence-electron chi connectivity index (χ3n) is 3.12. The first-order valence-electron chi connectivity index (χ1n) is 6.19. The number of nitrogens with one attached hydrogen (secondary N) is 1. The monoisotopic (exact) mass is 277 g/mol. The average Bonchev–Trinajstić information content (AvgIpc) is 2.94. The van der Waals surface area contributed by atoms with Crippen LogP contribution in [0.25, 0.3) is 0 Å². The predicted octanol–water partition coefficient (Wildman–Crippen LogP) is 3.27. The molecule has 1 aromatic carbocycles. The first-order valence-corrected chi connectivity index (χ1v) is 7.07. The SMILES string of the molecule is CNC(Cc1ccc(OC)cc1)c1cc(OC)cs1. The van der Waals surface area contributed by atoms with Crippen LogP contribution in [0.5, 0.6) is 11.5 Å². The minimum atomic E-state index is 0.308. The quantitative estimate of drug-likeness (QED) is 0.879. The van der Waals surface area contributed by atoms with Crippen molar-refractivity contribution in [2.45, 2.75) is 12.5 Å². The Hall–Kier alpha value is -1.52. The lowest BCUT2D eigenvalue weighted by atomic mass is 10.0. The van der Waals surface area contributed by atoms with Crippen LogP contribution in [-0.2, 0) is 6.42 Å². The molecule has 1 N–H and O–H groups in total. The molecule has 3 nitrogen and oxygen atoms in total. The van der Waals surface area contributed by atoms with Gasteiger partial charge in [0.1, 0.15) is 11.5 Å². The van der Waals surface area contributed by atoms with E-state index in [0.29, 0.717) is 6.04 Å². The van der Waals surface area contributed by atoms with Gasteiger partial charge in [0.25, 0.3) is 0 Å². The molecule has 19 heavy (non-hydrogen) atoms. The molecule has 0 saturated heterocycles. The van der Waals surface area contributed by atoms with Crippen molar-refractivity contribution in [3.8, 4) is 11.5 Å². The van der Waals surface area contributed by atoms with Gasteiger partial charge in [-0.2, -0.15) is 0 Å². The van der Waals surface area contributed by atoms with Gasteiger partial charge in [0, 0.05) is 16.3 Å². The van der Waals surface area contributed by atoms with Gasteiger partial charge in [-0.15, -0.1) is 11.3 Å². The lowest BCUT2D eigenvalue weighted by Crippen LogP contribution is -2.17. The Morgan fingerprint density at radius 3 is 2.32 bits per heavy atom. The second-order valence-electron chi connectivity index (χ2n) is 4.28. The molecule has 0 radical (unpaired) electrons. The third-order valence-corrected chi connectivity index (χ3v) is 4.15. The summed E-state index contributed by atoms with van der Waals surface area (Å²) in [6, 6.07) is 10.6. The summed E-state index contributed by atoms with van der Waals surface area (Å²) in [5, 5.41) is 5.39. The predicted molar refractivity (Wildman–Crippen MR) is 79.4 cm³/mol. The molecular formula is C15H19NO2S. The Bertz CT molecular complexity index is 507. The molecule has 102 valence electrons. The van der Waals surface area contributed by atoms with Gasteiger partial charge in [-0.25, -0.2) is 0 Å². The van der Waals surface area contributed by atoms with Crippen LogP contribution >= 0.6 is 11.3 Å². The number of hydrogen-bond acceptors (Lipinski definition) is 4. The normalized spacial score (nSPS) is 12.2. The summed E-state index contributed by atoms with van der Waals surface area (Å²) in [6.45, 7) is 0. The van der Waals surface area contributed by atoms with Crippen molar-refractivity contribution in [1.29, 1.82) is 0 Å². The van der Waals surface area contributed by atoms with Gasteiger partial charge in [-0.3, -0.25) is 0 Å². The molecule has 2 rings (SSSR count). The molecule has 0 fully saturated rings. The van der Waals surface area contributed by atoms with E-state index in [-0.39, 0.29) is 0 Å². The number of ether oxygens (including phenoxy) is 2. The Morgan fingerprint density at radius 2 is 1.79 bits per heavy atom. The third kappa shape index (κ3) is 3.49. The van der Waals surface area contributed by atoms with Gasteiger partial charge in [0.15, 0.2) is 0 Å². The molecule has 2 aromatic rings. The van der Waals surface area contributed by atoms with Gasteiger partial charge in [0.2, 0.25) is 0 Å². The lowest BCUT2D eigenvalue weighted by molar-refractivity contribution is 0.414. The fourth-order valence-corrected chi connectivity index (χ4v) is 2.93. The Labute approximate surface area is 118 Å². The fourth-order valence-electron chi connectivity index (χ4n) is 1.97. The summed E-state index contributed by atoms with van der Waals surface area (Å²) in [6.07, 6.45) is 0.949. The smallest absolute Gasteiger partial charge is 0.129 e. The van der Waals surface area contributed by atoms with Crippen LogP contribution in [0, 0.1) is 0 Å². The van der Waals surface area contributed by atoms with Crippen LogP contribution in [-0.4, -0.2) is 21.3 Å². The van der Waals surface area contributed by atoms with E-state index in [4.69, 9.17) is 9.47 Å². The van der Waals surface area contributed by atoms with Gasteiger partial charge in [0.05, 0.1) is 14.2 Å². The van der Waals surface area contributed by atoms with E-state index in [9.17, 15) is 0 Å². The average molecular weight is 277 g/mol. The highest BCUT2D eigenvalue weighted by molar-refractivity contribution is 7.10. The summed E-state index contributed by atoms with van der Waals surface area (Å²) >= 11 is 1.72. The minimum absolute atomic E-state index is 0.308. The number of methoxy groups -OCH3 is 2. The van der Waals surface area contributed by atoms with Crippen molar-refractivity contribution >= 4 is 11.3 Å². The van der Waals surface area contributed by atoms with Crippen molar-refractivity contribution in [1.82, 2.24) is 5.32 Å².